The number of thiophene rings is 1. The van der Waals surface area contributed by atoms with Gasteiger partial charge in [0, 0.05) is 30.3 Å². The van der Waals surface area contributed by atoms with Crippen LogP contribution in [0.2, 0.25) is 0 Å². The van der Waals surface area contributed by atoms with Gasteiger partial charge in [-0.2, -0.15) is 0 Å². The number of carbonyl (C=O) groups excluding carboxylic acids is 1. The van der Waals surface area contributed by atoms with Crippen LogP contribution in [0.3, 0.4) is 0 Å². The zero-order valence-electron chi connectivity index (χ0n) is 15.9. The normalized spacial score (nSPS) is 11.1. The van der Waals surface area contributed by atoms with Crippen LogP contribution in [-0.2, 0) is 17.8 Å². The van der Waals surface area contributed by atoms with E-state index >= 15 is 0 Å². The van der Waals surface area contributed by atoms with Crippen LogP contribution >= 0.6 is 11.3 Å². The van der Waals surface area contributed by atoms with Gasteiger partial charge in [0.2, 0.25) is 0 Å². The highest BCUT2D eigenvalue weighted by Gasteiger charge is 2.18. The third-order valence-electron chi connectivity index (χ3n) is 4.85. The molecule has 0 aliphatic rings. The second-order valence-electron chi connectivity index (χ2n) is 6.90. The van der Waals surface area contributed by atoms with E-state index in [1.807, 2.05) is 35.7 Å². The fraction of sp³-hybridized carbons (Fsp3) is 0.174. The molecule has 0 saturated carbocycles. The summed E-state index contributed by atoms with van der Waals surface area (Å²) in [5, 5.41) is 2.47. The second-order valence-corrected chi connectivity index (χ2v) is 7.76. The van der Waals surface area contributed by atoms with E-state index in [1.54, 1.807) is 18.2 Å². The highest BCUT2D eigenvalue weighted by molar-refractivity contribution is 7.17. The molecular formula is C23H19FN2O2S. The van der Waals surface area contributed by atoms with Crippen LogP contribution in [0.25, 0.3) is 21.3 Å². The van der Waals surface area contributed by atoms with Gasteiger partial charge in [0.15, 0.2) is 0 Å². The fourth-order valence-electron chi connectivity index (χ4n) is 3.34. The summed E-state index contributed by atoms with van der Waals surface area (Å²) >= 11 is 1.40. The minimum Gasteiger partial charge on any atom is -0.300 e. The van der Waals surface area contributed by atoms with Gasteiger partial charge >= 0.3 is 0 Å². The summed E-state index contributed by atoms with van der Waals surface area (Å²) in [5.74, 6) is 0.119. The van der Waals surface area contributed by atoms with Gasteiger partial charge < -0.3 is 0 Å². The molecule has 4 rings (SSSR count). The Hall–Kier alpha value is -3.12. The maximum atomic E-state index is 14.2. The smallest absolute Gasteiger partial charge is 0.262 e. The van der Waals surface area contributed by atoms with Gasteiger partial charge in [0.05, 0.1) is 5.39 Å². The van der Waals surface area contributed by atoms with E-state index < -0.39 is 0 Å². The minimum atomic E-state index is -0.337. The van der Waals surface area contributed by atoms with Crippen molar-refractivity contribution >= 4 is 27.3 Å². The van der Waals surface area contributed by atoms with Crippen LogP contribution in [0.4, 0.5) is 4.39 Å². The number of nitrogens with zero attached hydrogens (tertiary/aromatic N) is 2. The van der Waals surface area contributed by atoms with Crippen molar-refractivity contribution in [2.75, 3.05) is 0 Å². The number of hydrogen-bond acceptors (Lipinski definition) is 4. The zero-order valence-corrected chi connectivity index (χ0v) is 16.7. The summed E-state index contributed by atoms with van der Waals surface area (Å²) in [4.78, 5) is 30.3. The van der Waals surface area contributed by atoms with E-state index in [-0.39, 0.29) is 36.5 Å². The Morgan fingerprint density at radius 1 is 1.10 bits per heavy atom. The monoisotopic (exact) mass is 406 g/mol. The standard InChI is InChI=1S/C23H19FN2O2S/c1-15(27)11-12-26-20(13-17-9-5-6-10-19(17)24)25-22-21(23(26)28)18(14-29-22)16-7-3-2-4-8-16/h2-10,14H,11-13H2,1H3. The molecular weight excluding hydrogens is 387 g/mol. The summed E-state index contributed by atoms with van der Waals surface area (Å²) in [6.45, 7) is 1.72. The van der Waals surface area contributed by atoms with Crippen molar-refractivity contribution in [3.05, 3.63) is 87.5 Å². The number of hydrogen-bond donors (Lipinski definition) is 0. The van der Waals surface area contributed by atoms with E-state index in [1.165, 1.54) is 28.9 Å². The molecule has 0 saturated heterocycles. The van der Waals surface area contributed by atoms with Gasteiger partial charge in [-0.3, -0.25) is 14.2 Å². The molecule has 0 fully saturated rings. The lowest BCUT2D eigenvalue weighted by Gasteiger charge is -2.13. The lowest BCUT2D eigenvalue weighted by molar-refractivity contribution is -0.117. The molecule has 0 aliphatic heterocycles. The third-order valence-corrected chi connectivity index (χ3v) is 5.72. The molecule has 0 radical (unpaired) electrons. The topological polar surface area (TPSA) is 52.0 Å². The molecule has 29 heavy (non-hydrogen) atoms. The van der Waals surface area contributed by atoms with Crippen molar-refractivity contribution in [3.63, 3.8) is 0 Å². The lowest BCUT2D eigenvalue weighted by atomic mass is 10.1. The molecule has 2 aromatic carbocycles. The van der Waals surface area contributed by atoms with E-state index in [4.69, 9.17) is 4.98 Å². The van der Waals surface area contributed by atoms with Crippen LogP contribution in [0, 0.1) is 5.82 Å². The van der Waals surface area contributed by atoms with Gasteiger partial charge in [-0.05, 0) is 24.1 Å². The molecule has 2 heterocycles. The number of halogens is 1. The lowest BCUT2D eigenvalue weighted by Crippen LogP contribution is -2.26. The van der Waals surface area contributed by atoms with E-state index in [0.29, 0.717) is 21.6 Å². The highest BCUT2D eigenvalue weighted by atomic mass is 32.1. The van der Waals surface area contributed by atoms with E-state index in [2.05, 4.69) is 0 Å². The molecule has 2 aromatic heterocycles. The number of benzene rings is 2. The quantitative estimate of drug-likeness (QED) is 0.461. The van der Waals surface area contributed by atoms with Gasteiger partial charge in [-0.15, -0.1) is 11.3 Å². The molecule has 0 amide bonds. The molecule has 0 atom stereocenters. The van der Waals surface area contributed by atoms with Crippen LogP contribution in [-0.4, -0.2) is 15.3 Å². The Balaban J connectivity index is 1.89. The van der Waals surface area contributed by atoms with Crippen LogP contribution < -0.4 is 5.56 Å². The Kier molecular flexibility index (Phi) is 5.36. The highest BCUT2D eigenvalue weighted by Crippen LogP contribution is 2.31. The molecule has 0 N–H and O–H groups in total. The van der Waals surface area contributed by atoms with Crippen LogP contribution in [0.15, 0.2) is 64.8 Å². The molecule has 0 bridgehead atoms. The molecule has 146 valence electrons. The van der Waals surface area contributed by atoms with Crippen molar-refractivity contribution in [3.8, 4) is 11.1 Å². The molecule has 0 spiro atoms. The number of carbonyl (C=O) groups is 1. The largest absolute Gasteiger partial charge is 0.300 e. The number of aromatic nitrogens is 2. The maximum absolute atomic E-state index is 14.2. The predicted octanol–water partition coefficient (Wildman–Crippen LogP) is 4.83. The van der Waals surface area contributed by atoms with Crippen LogP contribution in [0.5, 0.6) is 0 Å². The SMILES string of the molecule is CC(=O)CCn1c(Cc2ccccc2F)nc2scc(-c3ccccc3)c2c1=O. The number of Topliss-reactive ketones (excluding diaryl/α,β-unsaturated/α-hetero) is 1. The fourth-order valence-corrected chi connectivity index (χ4v) is 4.30. The molecule has 4 aromatic rings. The van der Waals surface area contributed by atoms with Crippen molar-refractivity contribution < 1.29 is 9.18 Å². The predicted molar refractivity (Wildman–Crippen MR) is 114 cm³/mol. The second kappa shape index (κ2) is 8.09. The van der Waals surface area contributed by atoms with Crippen molar-refractivity contribution in [1.82, 2.24) is 9.55 Å². The van der Waals surface area contributed by atoms with Crippen molar-refractivity contribution in [2.24, 2.45) is 0 Å². The first-order valence-corrected chi connectivity index (χ1v) is 10.2. The Labute approximate surface area is 171 Å². The molecule has 4 nitrogen and oxygen atoms in total. The summed E-state index contributed by atoms with van der Waals surface area (Å²) in [5.41, 5.74) is 2.05. The number of fused-ring (bicyclic) bond motifs is 1. The first-order chi connectivity index (χ1) is 14.0. The van der Waals surface area contributed by atoms with E-state index in [0.717, 1.165) is 11.1 Å². The Bertz CT molecular complexity index is 1240. The van der Waals surface area contributed by atoms with Crippen LogP contribution in [0.1, 0.15) is 24.7 Å². The summed E-state index contributed by atoms with van der Waals surface area (Å²) in [7, 11) is 0. The van der Waals surface area contributed by atoms with Gasteiger partial charge in [0.25, 0.3) is 5.56 Å². The van der Waals surface area contributed by atoms with Gasteiger partial charge in [-0.25, -0.2) is 9.37 Å². The molecule has 0 aliphatic carbocycles. The Morgan fingerprint density at radius 3 is 2.55 bits per heavy atom. The minimum absolute atomic E-state index is 0.0116. The maximum Gasteiger partial charge on any atom is 0.262 e. The average Bonchev–Trinajstić information content (AvgIpc) is 3.14. The third kappa shape index (κ3) is 3.89. The summed E-state index contributed by atoms with van der Waals surface area (Å²) in [6.07, 6.45) is 0.413. The van der Waals surface area contributed by atoms with Gasteiger partial charge in [0.1, 0.15) is 22.3 Å². The zero-order chi connectivity index (χ0) is 20.4. The van der Waals surface area contributed by atoms with Crippen molar-refractivity contribution in [2.45, 2.75) is 26.3 Å². The average molecular weight is 406 g/mol. The first kappa shape index (κ1) is 19.2. The summed E-state index contributed by atoms with van der Waals surface area (Å²) < 4.78 is 15.7. The number of ketones is 1. The first-order valence-electron chi connectivity index (χ1n) is 9.34. The molecule has 6 heteroatoms. The summed E-state index contributed by atoms with van der Waals surface area (Å²) in [6, 6.07) is 16.1. The number of rotatable bonds is 6. The molecule has 0 unspecified atom stereocenters. The van der Waals surface area contributed by atoms with E-state index in [9.17, 15) is 14.0 Å². The Morgan fingerprint density at radius 2 is 1.83 bits per heavy atom. The van der Waals surface area contributed by atoms with Crippen molar-refractivity contribution in [1.29, 1.82) is 0 Å². The van der Waals surface area contributed by atoms with Gasteiger partial charge in [-0.1, -0.05) is 48.5 Å².